The highest BCUT2D eigenvalue weighted by Crippen LogP contribution is 2.40. The second kappa shape index (κ2) is 7.28. The Hall–Kier alpha value is -2.33. The number of benzene rings is 2. The van der Waals surface area contributed by atoms with Crippen LogP contribution in [0.25, 0.3) is 0 Å². The molecule has 0 bridgehead atoms. The lowest BCUT2D eigenvalue weighted by molar-refractivity contribution is -0.156. The molecule has 0 saturated heterocycles. The number of hydrogen-bond donors (Lipinski definition) is 1. The van der Waals surface area contributed by atoms with Gasteiger partial charge in [-0.15, -0.1) is 0 Å². The van der Waals surface area contributed by atoms with Gasteiger partial charge >= 0.3 is 5.97 Å². The number of rotatable bonds is 5. The molecule has 1 N–H and O–H groups in total. The largest absolute Gasteiger partial charge is 0.447 e. The minimum Gasteiger partial charge on any atom is -0.447 e. The summed E-state index contributed by atoms with van der Waals surface area (Å²) in [5.41, 5.74) is 2.13. The van der Waals surface area contributed by atoms with Crippen LogP contribution < -0.4 is 5.32 Å². The van der Waals surface area contributed by atoms with E-state index < -0.39 is 12.0 Å². The van der Waals surface area contributed by atoms with Crippen molar-refractivity contribution in [2.24, 2.45) is 11.8 Å². The van der Waals surface area contributed by atoms with Gasteiger partial charge in [-0.2, -0.15) is 0 Å². The van der Waals surface area contributed by atoms with Gasteiger partial charge in [0.25, 0.3) is 5.91 Å². The SMILES string of the molecule is Cc1ccc(NC(=O)C(OC(=O)C2CC2C)c2ccccc2)cc1Cl. The molecule has 130 valence electrons. The van der Waals surface area contributed by atoms with E-state index in [4.69, 9.17) is 16.3 Å². The maximum Gasteiger partial charge on any atom is 0.310 e. The summed E-state index contributed by atoms with van der Waals surface area (Å²) in [7, 11) is 0. The fourth-order valence-corrected chi connectivity index (χ4v) is 2.81. The number of anilines is 1. The highest BCUT2D eigenvalue weighted by Gasteiger charge is 2.42. The van der Waals surface area contributed by atoms with Crippen molar-refractivity contribution in [3.05, 3.63) is 64.7 Å². The number of esters is 1. The fraction of sp³-hybridized carbons (Fsp3) is 0.300. The average molecular weight is 358 g/mol. The molecule has 2 aromatic carbocycles. The normalized spacial score (nSPS) is 19.8. The number of amides is 1. The minimum atomic E-state index is -0.985. The van der Waals surface area contributed by atoms with Crippen LogP contribution in [0.15, 0.2) is 48.5 Å². The maximum atomic E-state index is 12.7. The average Bonchev–Trinajstić information content (AvgIpc) is 3.33. The summed E-state index contributed by atoms with van der Waals surface area (Å²) in [6.07, 6.45) is -0.170. The first kappa shape index (κ1) is 17.5. The van der Waals surface area contributed by atoms with Crippen molar-refractivity contribution in [1.82, 2.24) is 0 Å². The first-order valence-electron chi connectivity index (χ1n) is 8.28. The van der Waals surface area contributed by atoms with E-state index >= 15 is 0 Å². The third-order valence-electron chi connectivity index (χ3n) is 4.43. The van der Waals surface area contributed by atoms with Crippen molar-refractivity contribution < 1.29 is 14.3 Å². The molecule has 1 aliphatic carbocycles. The van der Waals surface area contributed by atoms with E-state index in [1.807, 2.05) is 38.1 Å². The summed E-state index contributed by atoms with van der Waals surface area (Å²) in [6, 6.07) is 14.3. The summed E-state index contributed by atoms with van der Waals surface area (Å²) < 4.78 is 5.53. The number of carbonyl (C=O) groups is 2. The first-order chi connectivity index (χ1) is 12.0. The van der Waals surface area contributed by atoms with Crippen LogP contribution in [-0.4, -0.2) is 11.9 Å². The van der Waals surface area contributed by atoms with Crippen LogP contribution in [0, 0.1) is 18.8 Å². The van der Waals surface area contributed by atoms with Gasteiger partial charge in [0.1, 0.15) is 0 Å². The minimum absolute atomic E-state index is 0.104. The monoisotopic (exact) mass is 357 g/mol. The molecule has 2 aromatic rings. The van der Waals surface area contributed by atoms with E-state index in [2.05, 4.69) is 5.32 Å². The van der Waals surface area contributed by atoms with Crippen molar-refractivity contribution in [2.75, 3.05) is 5.32 Å². The molecular weight excluding hydrogens is 338 g/mol. The van der Waals surface area contributed by atoms with Gasteiger partial charge in [0.15, 0.2) is 0 Å². The van der Waals surface area contributed by atoms with Gasteiger partial charge in [-0.25, -0.2) is 0 Å². The van der Waals surface area contributed by atoms with E-state index in [-0.39, 0.29) is 11.9 Å². The van der Waals surface area contributed by atoms with Crippen molar-refractivity contribution in [2.45, 2.75) is 26.4 Å². The van der Waals surface area contributed by atoms with Crippen LogP contribution in [0.2, 0.25) is 5.02 Å². The number of hydrogen-bond acceptors (Lipinski definition) is 3. The second-order valence-electron chi connectivity index (χ2n) is 6.50. The molecule has 0 heterocycles. The molecule has 1 fully saturated rings. The van der Waals surface area contributed by atoms with E-state index in [9.17, 15) is 9.59 Å². The highest BCUT2D eigenvalue weighted by atomic mass is 35.5. The molecule has 0 spiro atoms. The Morgan fingerprint density at radius 1 is 1.20 bits per heavy atom. The van der Waals surface area contributed by atoms with Gasteiger partial charge < -0.3 is 10.1 Å². The third kappa shape index (κ3) is 4.20. The Balaban J connectivity index is 1.79. The molecule has 3 atom stereocenters. The summed E-state index contributed by atoms with van der Waals surface area (Å²) in [6.45, 7) is 3.89. The topological polar surface area (TPSA) is 55.4 Å². The summed E-state index contributed by atoms with van der Waals surface area (Å²) in [5.74, 6) is -0.498. The fourth-order valence-electron chi connectivity index (χ4n) is 2.63. The van der Waals surface area contributed by atoms with Gasteiger partial charge in [0.2, 0.25) is 6.10 Å². The Bertz CT molecular complexity index is 791. The smallest absolute Gasteiger partial charge is 0.310 e. The summed E-state index contributed by atoms with van der Waals surface area (Å²) in [4.78, 5) is 25.0. The van der Waals surface area contributed by atoms with Crippen LogP contribution in [0.4, 0.5) is 5.69 Å². The summed E-state index contributed by atoms with van der Waals surface area (Å²) in [5, 5.41) is 3.35. The van der Waals surface area contributed by atoms with Gasteiger partial charge in [-0.3, -0.25) is 9.59 Å². The molecule has 3 unspecified atom stereocenters. The summed E-state index contributed by atoms with van der Waals surface area (Å²) >= 11 is 6.11. The zero-order valence-electron chi connectivity index (χ0n) is 14.2. The van der Waals surface area contributed by atoms with Crippen molar-refractivity contribution in [3.63, 3.8) is 0 Å². The zero-order chi connectivity index (χ0) is 18.0. The van der Waals surface area contributed by atoms with Gasteiger partial charge in [0, 0.05) is 16.3 Å². The molecule has 4 nitrogen and oxygen atoms in total. The van der Waals surface area contributed by atoms with Crippen LogP contribution in [0.5, 0.6) is 0 Å². The highest BCUT2D eigenvalue weighted by molar-refractivity contribution is 6.31. The van der Waals surface area contributed by atoms with Crippen LogP contribution >= 0.6 is 11.6 Å². The lowest BCUT2D eigenvalue weighted by atomic mass is 10.1. The van der Waals surface area contributed by atoms with Gasteiger partial charge in [-0.1, -0.05) is 54.9 Å². The number of aryl methyl sites for hydroxylation is 1. The quantitative estimate of drug-likeness (QED) is 0.800. The van der Waals surface area contributed by atoms with Crippen molar-refractivity contribution in [1.29, 1.82) is 0 Å². The third-order valence-corrected chi connectivity index (χ3v) is 4.83. The molecule has 0 aromatic heterocycles. The Morgan fingerprint density at radius 2 is 1.88 bits per heavy atom. The molecule has 3 rings (SSSR count). The second-order valence-corrected chi connectivity index (χ2v) is 6.91. The first-order valence-corrected chi connectivity index (χ1v) is 8.66. The molecule has 0 aliphatic heterocycles. The van der Waals surface area contributed by atoms with E-state index in [1.54, 1.807) is 24.3 Å². The number of carbonyl (C=O) groups excluding carboxylic acids is 2. The molecule has 0 radical (unpaired) electrons. The maximum absolute atomic E-state index is 12.7. The number of ether oxygens (including phenoxy) is 1. The molecule has 5 heteroatoms. The van der Waals surface area contributed by atoms with E-state index in [0.29, 0.717) is 22.2 Å². The predicted octanol–water partition coefficient (Wildman–Crippen LogP) is 4.53. The predicted molar refractivity (Wildman–Crippen MR) is 97.4 cm³/mol. The molecule has 25 heavy (non-hydrogen) atoms. The van der Waals surface area contributed by atoms with Crippen LogP contribution in [0.3, 0.4) is 0 Å². The molecular formula is C20H20ClNO3. The van der Waals surface area contributed by atoms with Gasteiger partial charge in [0.05, 0.1) is 5.92 Å². The van der Waals surface area contributed by atoms with E-state index in [0.717, 1.165) is 12.0 Å². The number of halogens is 1. The van der Waals surface area contributed by atoms with E-state index in [1.165, 1.54) is 0 Å². The molecule has 1 amide bonds. The molecule has 1 aliphatic rings. The zero-order valence-corrected chi connectivity index (χ0v) is 14.9. The lowest BCUT2D eigenvalue weighted by Gasteiger charge is -2.18. The van der Waals surface area contributed by atoms with Crippen molar-refractivity contribution >= 4 is 29.2 Å². The Kier molecular flexibility index (Phi) is 5.09. The standard InChI is InChI=1S/C20H20ClNO3/c1-12-8-9-15(11-17(12)21)22-19(23)18(14-6-4-3-5-7-14)25-20(24)16-10-13(16)2/h3-9,11,13,16,18H,10H2,1-2H3,(H,22,23). The Labute approximate surface area is 152 Å². The lowest BCUT2D eigenvalue weighted by Crippen LogP contribution is -2.26. The van der Waals surface area contributed by atoms with Crippen LogP contribution in [-0.2, 0) is 14.3 Å². The number of nitrogens with one attached hydrogen (secondary N) is 1. The van der Waals surface area contributed by atoms with Crippen molar-refractivity contribution in [3.8, 4) is 0 Å². The molecule has 1 saturated carbocycles. The Morgan fingerprint density at radius 3 is 2.48 bits per heavy atom. The van der Waals surface area contributed by atoms with Crippen LogP contribution in [0.1, 0.15) is 30.6 Å². The van der Waals surface area contributed by atoms with Gasteiger partial charge in [-0.05, 0) is 37.0 Å².